The number of piperidine rings is 1. The first-order chi connectivity index (χ1) is 10.7. The first-order valence-corrected chi connectivity index (χ1v) is 7.56. The lowest BCUT2D eigenvalue weighted by molar-refractivity contribution is -0.124. The molecule has 3 N–H and O–H groups in total. The Kier molecular flexibility index (Phi) is 8.16. The first kappa shape index (κ1) is 19.5. The molecule has 0 aliphatic carbocycles. The number of halogens is 1. The van der Waals surface area contributed by atoms with Crippen molar-refractivity contribution in [2.75, 3.05) is 27.3 Å². The van der Waals surface area contributed by atoms with Crippen LogP contribution in [0.1, 0.15) is 30.9 Å². The van der Waals surface area contributed by atoms with Gasteiger partial charge in [0.05, 0.1) is 26.4 Å². The molecule has 0 bridgehead atoms. The molecule has 1 aromatic carbocycles. The molecule has 1 aromatic rings. The second-order valence-corrected chi connectivity index (χ2v) is 5.37. The van der Waals surface area contributed by atoms with Gasteiger partial charge in [-0.1, -0.05) is 6.42 Å². The van der Waals surface area contributed by atoms with Crippen LogP contribution in [0.5, 0.6) is 11.5 Å². The van der Waals surface area contributed by atoms with E-state index in [1.165, 1.54) is 0 Å². The van der Waals surface area contributed by atoms with Crippen LogP contribution in [-0.4, -0.2) is 44.4 Å². The van der Waals surface area contributed by atoms with Gasteiger partial charge in [0, 0.05) is 12.1 Å². The van der Waals surface area contributed by atoms with Gasteiger partial charge in [-0.05, 0) is 37.6 Å². The molecule has 0 radical (unpaired) electrons. The summed E-state index contributed by atoms with van der Waals surface area (Å²) in [6.07, 6.45) is 2.15. The minimum absolute atomic E-state index is 0. The number of rotatable bonds is 6. The predicted octanol–water partition coefficient (Wildman–Crippen LogP) is 1.42. The second-order valence-electron chi connectivity index (χ2n) is 5.37. The summed E-state index contributed by atoms with van der Waals surface area (Å²) in [5, 5.41) is 16.3. The van der Waals surface area contributed by atoms with E-state index < -0.39 is 6.10 Å². The topological polar surface area (TPSA) is 79.8 Å². The molecule has 2 unspecified atom stereocenters. The van der Waals surface area contributed by atoms with Crippen molar-refractivity contribution in [1.29, 1.82) is 0 Å². The van der Waals surface area contributed by atoms with Crippen molar-refractivity contribution in [2.45, 2.75) is 31.4 Å². The number of ether oxygens (including phenoxy) is 2. The quantitative estimate of drug-likeness (QED) is 0.727. The van der Waals surface area contributed by atoms with Crippen molar-refractivity contribution >= 4 is 18.3 Å². The van der Waals surface area contributed by atoms with Crippen LogP contribution < -0.4 is 20.1 Å². The molecule has 23 heavy (non-hydrogen) atoms. The molecule has 0 saturated carbocycles. The number of methoxy groups -OCH3 is 2. The van der Waals surface area contributed by atoms with Gasteiger partial charge < -0.3 is 25.2 Å². The number of carbonyl (C=O) groups is 1. The van der Waals surface area contributed by atoms with Crippen molar-refractivity contribution in [1.82, 2.24) is 10.6 Å². The Bertz CT molecular complexity index is 507. The molecule has 0 aromatic heterocycles. The maximum atomic E-state index is 12.1. The van der Waals surface area contributed by atoms with Crippen molar-refractivity contribution in [2.24, 2.45) is 0 Å². The van der Waals surface area contributed by atoms with Gasteiger partial charge in [0.15, 0.2) is 0 Å². The highest BCUT2D eigenvalue weighted by molar-refractivity contribution is 5.85. The summed E-state index contributed by atoms with van der Waals surface area (Å²) in [5.41, 5.74) is 0.596. The molecule has 1 amide bonds. The molecule has 1 fully saturated rings. The predicted molar refractivity (Wildman–Crippen MR) is 90.4 cm³/mol. The number of hydrogen-bond acceptors (Lipinski definition) is 5. The Hall–Kier alpha value is -1.50. The molecule has 6 nitrogen and oxygen atoms in total. The van der Waals surface area contributed by atoms with Crippen LogP contribution >= 0.6 is 12.4 Å². The highest BCUT2D eigenvalue weighted by Gasteiger charge is 2.22. The lowest BCUT2D eigenvalue weighted by Gasteiger charge is -2.23. The molecule has 7 heteroatoms. The highest BCUT2D eigenvalue weighted by atomic mass is 35.5. The summed E-state index contributed by atoms with van der Waals surface area (Å²) in [7, 11) is 3.11. The summed E-state index contributed by atoms with van der Waals surface area (Å²) in [6, 6.07) is 5.06. The molecular weight excluding hydrogens is 320 g/mol. The maximum Gasteiger partial charge on any atom is 0.237 e. The standard InChI is InChI=1S/C16H24N2O4.ClH/c1-21-11-6-7-15(22-2)12(9-11)14(19)10-18-16(20)13-5-3-4-8-17-13;/h6-7,9,13-14,17,19H,3-5,8,10H2,1-2H3,(H,18,20);1H. The lowest BCUT2D eigenvalue weighted by Crippen LogP contribution is -2.47. The minimum Gasteiger partial charge on any atom is -0.497 e. The van der Waals surface area contributed by atoms with Crippen LogP contribution in [0.4, 0.5) is 0 Å². The minimum atomic E-state index is -0.849. The average molecular weight is 345 g/mol. The van der Waals surface area contributed by atoms with E-state index in [2.05, 4.69) is 10.6 Å². The zero-order chi connectivity index (χ0) is 15.9. The van der Waals surface area contributed by atoms with E-state index in [0.717, 1.165) is 25.8 Å². The molecule has 130 valence electrons. The molecule has 1 aliphatic rings. The summed E-state index contributed by atoms with van der Waals surface area (Å²) >= 11 is 0. The zero-order valence-electron chi connectivity index (χ0n) is 13.5. The Labute approximate surface area is 143 Å². The third kappa shape index (κ3) is 5.27. The van der Waals surface area contributed by atoms with E-state index in [9.17, 15) is 9.90 Å². The Morgan fingerprint density at radius 3 is 2.78 bits per heavy atom. The smallest absolute Gasteiger partial charge is 0.237 e. The van der Waals surface area contributed by atoms with Crippen LogP contribution in [0.2, 0.25) is 0 Å². The van der Waals surface area contributed by atoms with Gasteiger partial charge >= 0.3 is 0 Å². The van der Waals surface area contributed by atoms with E-state index in [0.29, 0.717) is 17.1 Å². The van der Waals surface area contributed by atoms with Crippen LogP contribution in [-0.2, 0) is 4.79 Å². The molecule has 1 saturated heterocycles. The number of hydrogen-bond donors (Lipinski definition) is 3. The van der Waals surface area contributed by atoms with Crippen LogP contribution in [0.15, 0.2) is 18.2 Å². The number of carbonyl (C=O) groups excluding carboxylic acids is 1. The molecule has 1 aliphatic heterocycles. The first-order valence-electron chi connectivity index (χ1n) is 7.56. The number of amides is 1. The van der Waals surface area contributed by atoms with Gasteiger partial charge in [-0.25, -0.2) is 0 Å². The molecule has 2 rings (SSSR count). The Morgan fingerprint density at radius 1 is 1.39 bits per heavy atom. The molecule has 2 atom stereocenters. The summed E-state index contributed by atoms with van der Waals surface area (Å²) in [4.78, 5) is 12.1. The average Bonchev–Trinajstić information content (AvgIpc) is 2.59. The van der Waals surface area contributed by atoms with Crippen LogP contribution in [0, 0.1) is 0 Å². The van der Waals surface area contributed by atoms with Gasteiger partial charge in [0.2, 0.25) is 5.91 Å². The van der Waals surface area contributed by atoms with E-state index in [4.69, 9.17) is 9.47 Å². The summed E-state index contributed by atoms with van der Waals surface area (Å²) < 4.78 is 10.4. The number of aliphatic hydroxyl groups excluding tert-OH is 1. The van der Waals surface area contributed by atoms with E-state index in [-0.39, 0.29) is 30.9 Å². The summed E-state index contributed by atoms with van der Waals surface area (Å²) in [6.45, 7) is 1.00. The van der Waals surface area contributed by atoms with Gasteiger partial charge in [-0.3, -0.25) is 4.79 Å². The normalized spacial score (nSPS) is 18.5. The summed E-state index contributed by atoms with van der Waals surface area (Å²) in [5.74, 6) is 1.13. The van der Waals surface area contributed by atoms with Gasteiger partial charge in [0.25, 0.3) is 0 Å². The second kappa shape index (κ2) is 9.60. The van der Waals surface area contributed by atoms with E-state index in [1.54, 1.807) is 32.4 Å². The number of aliphatic hydroxyl groups is 1. The van der Waals surface area contributed by atoms with Crippen LogP contribution in [0.3, 0.4) is 0 Å². The third-order valence-electron chi connectivity index (χ3n) is 3.89. The fraction of sp³-hybridized carbons (Fsp3) is 0.562. The molecular formula is C16H25ClN2O4. The van der Waals surface area contributed by atoms with Crippen molar-refractivity contribution in [3.05, 3.63) is 23.8 Å². The number of nitrogens with one attached hydrogen (secondary N) is 2. The highest BCUT2D eigenvalue weighted by Crippen LogP contribution is 2.29. The van der Waals surface area contributed by atoms with Crippen molar-refractivity contribution < 1.29 is 19.4 Å². The molecule has 0 spiro atoms. The van der Waals surface area contributed by atoms with Gasteiger partial charge in [-0.15, -0.1) is 12.4 Å². The van der Waals surface area contributed by atoms with Crippen molar-refractivity contribution in [3.8, 4) is 11.5 Å². The van der Waals surface area contributed by atoms with E-state index >= 15 is 0 Å². The van der Waals surface area contributed by atoms with Gasteiger partial charge in [0.1, 0.15) is 11.5 Å². The van der Waals surface area contributed by atoms with Gasteiger partial charge in [-0.2, -0.15) is 0 Å². The Balaban J connectivity index is 0.00000264. The molecule has 1 heterocycles. The monoisotopic (exact) mass is 344 g/mol. The third-order valence-corrected chi connectivity index (χ3v) is 3.89. The van der Waals surface area contributed by atoms with Crippen molar-refractivity contribution in [3.63, 3.8) is 0 Å². The fourth-order valence-corrected chi connectivity index (χ4v) is 2.61. The largest absolute Gasteiger partial charge is 0.497 e. The van der Waals surface area contributed by atoms with Crippen LogP contribution in [0.25, 0.3) is 0 Å². The fourth-order valence-electron chi connectivity index (χ4n) is 2.61. The zero-order valence-corrected chi connectivity index (χ0v) is 14.3. The SMILES string of the molecule is COc1ccc(OC)c(C(O)CNC(=O)C2CCCCN2)c1.Cl. The number of benzene rings is 1. The Morgan fingerprint density at radius 2 is 2.17 bits per heavy atom. The van der Waals surface area contributed by atoms with E-state index in [1.807, 2.05) is 0 Å². The maximum absolute atomic E-state index is 12.1. The lowest BCUT2D eigenvalue weighted by atomic mass is 10.0.